The van der Waals surface area contributed by atoms with Crippen LogP contribution in [0.3, 0.4) is 0 Å². The van der Waals surface area contributed by atoms with Crippen molar-refractivity contribution in [2.45, 2.75) is 44.6 Å². The summed E-state index contributed by atoms with van der Waals surface area (Å²) in [5, 5.41) is 3.87. The van der Waals surface area contributed by atoms with Gasteiger partial charge >= 0.3 is 0 Å². The molecule has 1 saturated carbocycles. The molecule has 0 bridgehead atoms. The van der Waals surface area contributed by atoms with Crippen LogP contribution in [0.25, 0.3) is 0 Å². The molecule has 6 nitrogen and oxygen atoms in total. The molecule has 27 heavy (non-hydrogen) atoms. The summed E-state index contributed by atoms with van der Waals surface area (Å²) in [6.45, 7) is 3.88. The zero-order valence-electron chi connectivity index (χ0n) is 15.9. The van der Waals surface area contributed by atoms with Gasteiger partial charge in [-0.15, -0.1) is 0 Å². The highest BCUT2D eigenvalue weighted by atomic mass is 35.5. The Bertz CT molecular complexity index is 634. The number of nitrogens with one attached hydrogen (secondary N) is 1. The topological polar surface area (TPSA) is 74.0 Å². The minimum absolute atomic E-state index is 0.0889. The number of benzene rings is 1. The van der Waals surface area contributed by atoms with E-state index >= 15 is 0 Å². The molecule has 1 aliphatic heterocycles. The van der Waals surface area contributed by atoms with E-state index in [9.17, 15) is 4.79 Å². The Labute approximate surface area is 166 Å². The number of halogens is 1. The van der Waals surface area contributed by atoms with Crippen molar-refractivity contribution in [1.82, 2.24) is 10.2 Å². The van der Waals surface area contributed by atoms with E-state index in [2.05, 4.69) is 20.1 Å². The van der Waals surface area contributed by atoms with Gasteiger partial charge in [-0.3, -0.25) is 9.79 Å². The number of piperazine rings is 1. The first-order chi connectivity index (χ1) is 13.1. The molecule has 1 amide bonds. The summed E-state index contributed by atoms with van der Waals surface area (Å²) in [4.78, 5) is 20.9. The maximum absolute atomic E-state index is 12.0. The van der Waals surface area contributed by atoms with E-state index < -0.39 is 0 Å². The van der Waals surface area contributed by atoms with Gasteiger partial charge in [-0.1, -0.05) is 30.9 Å². The van der Waals surface area contributed by atoms with Crippen molar-refractivity contribution >= 4 is 29.2 Å². The Morgan fingerprint density at radius 3 is 2.44 bits per heavy atom. The van der Waals surface area contributed by atoms with Crippen LogP contribution >= 0.6 is 11.6 Å². The summed E-state index contributed by atoms with van der Waals surface area (Å²) in [5.41, 5.74) is 7.31. The predicted molar refractivity (Wildman–Crippen MR) is 111 cm³/mol. The zero-order chi connectivity index (χ0) is 19.1. The molecule has 7 heteroatoms. The lowest BCUT2D eigenvalue weighted by molar-refractivity contribution is -0.121. The number of hydrogen-bond donors (Lipinski definition) is 2. The highest BCUT2D eigenvalue weighted by Gasteiger charge is 2.19. The van der Waals surface area contributed by atoms with Crippen LogP contribution in [-0.4, -0.2) is 55.5 Å². The number of carbonyl (C=O) groups excluding carboxylic acids is 1. The third kappa shape index (κ3) is 6.03. The van der Waals surface area contributed by atoms with Crippen molar-refractivity contribution in [3.8, 4) is 0 Å². The molecule has 1 heterocycles. The monoisotopic (exact) mass is 391 g/mol. The molecule has 0 aromatic heterocycles. The number of amides is 1. The van der Waals surface area contributed by atoms with Crippen LogP contribution in [0.2, 0.25) is 5.02 Å². The highest BCUT2D eigenvalue weighted by molar-refractivity contribution is 6.30. The number of aliphatic imine (C=N–C) groups is 1. The fourth-order valence-electron chi connectivity index (χ4n) is 3.76. The molecule has 1 aliphatic carbocycles. The molecule has 3 rings (SSSR count). The molecule has 1 aromatic carbocycles. The molecule has 1 aromatic rings. The molecule has 1 saturated heterocycles. The lowest BCUT2D eigenvalue weighted by Gasteiger charge is -2.36. The van der Waals surface area contributed by atoms with Gasteiger partial charge in [0.1, 0.15) is 0 Å². The average Bonchev–Trinajstić information content (AvgIpc) is 2.69. The molecule has 0 spiro atoms. The molecule has 148 valence electrons. The normalized spacial score (nSPS) is 19.2. The zero-order valence-corrected chi connectivity index (χ0v) is 16.6. The minimum atomic E-state index is 0.0889. The van der Waals surface area contributed by atoms with E-state index in [1.807, 2.05) is 24.3 Å². The van der Waals surface area contributed by atoms with Crippen molar-refractivity contribution < 1.29 is 4.79 Å². The first kappa shape index (κ1) is 19.8. The van der Waals surface area contributed by atoms with E-state index in [1.165, 1.54) is 24.9 Å². The van der Waals surface area contributed by atoms with Crippen LogP contribution in [0.1, 0.15) is 38.5 Å². The summed E-state index contributed by atoms with van der Waals surface area (Å²) in [6.07, 6.45) is 6.35. The summed E-state index contributed by atoms with van der Waals surface area (Å²) in [6, 6.07) is 8.27. The molecule has 3 N–H and O–H groups in total. The van der Waals surface area contributed by atoms with Gasteiger partial charge in [-0.25, -0.2) is 0 Å². The fourth-order valence-corrected chi connectivity index (χ4v) is 3.89. The van der Waals surface area contributed by atoms with Crippen molar-refractivity contribution in [3.63, 3.8) is 0 Å². The Kier molecular flexibility index (Phi) is 7.21. The SMILES string of the molecule is NC(=NCCC(=O)NC1CCCCC1)N1CCN(c2ccc(Cl)cc2)CC1. The fraction of sp³-hybridized carbons (Fsp3) is 0.600. The number of nitrogens with two attached hydrogens (primary N) is 1. The summed E-state index contributed by atoms with van der Waals surface area (Å²) in [7, 11) is 0. The molecule has 2 aliphatic rings. The van der Waals surface area contributed by atoms with Gasteiger partial charge in [-0.05, 0) is 37.1 Å². The minimum Gasteiger partial charge on any atom is -0.370 e. The van der Waals surface area contributed by atoms with Gasteiger partial charge in [0.25, 0.3) is 0 Å². The third-order valence-corrected chi connectivity index (χ3v) is 5.63. The Morgan fingerprint density at radius 1 is 1.11 bits per heavy atom. The van der Waals surface area contributed by atoms with Crippen molar-refractivity contribution in [2.75, 3.05) is 37.6 Å². The van der Waals surface area contributed by atoms with E-state index in [-0.39, 0.29) is 5.91 Å². The number of rotatable bonds is 5. The van der Waals surface area contributed by atoms with Crippen LogP contribution < -0.4 is 16.0 Å². The second-order valence-electron chi connectivity index (χ2n) is 7.34. The quantitative estimate of drug-likeness (QED) is 0.597. The van der Waals surface area contributed by atoms with Crippen molar-refractivity contribution in [2.24, 2.45) is 10.7 Å². The predicted octanol–water partition coefficient (Wildman–Crippen LogP) is 2.62. The number of carbonyl (C=O) groups is 1. The van der Waals surface area contributed by atoms with E-state index in [0.29, 0.717) is 25.0 Å². The van der Waals surface area contributed by atoms with Crippen LogP contribution in [0.4, 0.5) is 5.69 Å². The standard InChI is InChI=1S/C20H30ClN5O/c21-16-6-8-18(9-7-16)25-12-14-26(15-13-25)20(22)23-11-10-19(27)24-17-4-2-1-3-5-17/h6-9,17H,1-5,10-15H2,(H2,22,23)(H,24,27). The summed E-state index contributed by atoms with van der Waals surface area (Å²) in [5.74, 6) is 0.627. The smallest absolute Gasteiger partial charge is 0.222 e. The Hall–Kier alpha value is -1.95. The van der Waals surface area contributed by atoms with Gasteiger partial charge in [0.05, 0.1) is 6.54 Å². The van der Waals surface area contributed by atoms with Crippen LogP contribution in [-0.2, 0) is 4.79 Å². The average molecular weight is 392 g/mol. The Balaban J connectivity index is 1.38. The molecule has 0 radical (unpaired) electrons. The van der Waals surface area contributed by atoms with Crippen molar-refractivity contribution in [1.29, 1.82) is 0 Å². The molecular weight excluding hydrogens is 362 g/mol. The molecule has 0 unspecified atom stereocenters. The van der Waals surface area contributed by atoms with Gasteiger partial charge in [0.15, 0.2) is 5.96 Å². The van der Waals surface area contributed by atoms with Crippen LogP contribution in [0.15, 0.2) is 29.3 Å². The van der Waals surface area contributed by atoms with Gasteiger partial charge in [0, 0.05) is 49.4 Å². The lowest BCUT2D eigenvalue weighted by Crippen LogP contribution is -2.51. The molecule has 0 atom stereocenters. The van der Waals surface area contributed by atoms with Crippen LogP contribution in [0, 0.1) is 0 Å². The third-order valence-electron chi connectivity index (χ3n) is 5.38. The maximum Gasteiger partial charge on any atom is 0.222 e. The van der Waals surface area contributed by atoms with Crippen molar-refractivity contribution in [3.05, 3.63) is 29.3 Å². The number of nitrogens with zero attached hydrogens (tertiary/aromatic N) is 3. The van der Waals surface area contributed by atoms with Gasteiger partial charge in [-0.2, -0.15) is 0 Å². The number of guanidine groups is 1. The number of hydrogen-bond acceptors (Lipinski definition) is 3. The largest absolute Gasteiger partial charge is 0.370 e. The van der Waals surface area contributed by atoms with E-state index in [4.69, 9.17) is 17.3 Å². The molecule has 2 fully saturated rings. The molecular formula is C20H30ClN5O. The first-order valence-corrected chi connectivity index (χ1v) is 10.3. The van der Waals surface area contributed by atoms with Gasteiger partial charge in [0.2, 0.25) is 5.91 Å². The van der Waals surface area contributed by atoms with Gasteiger partial charge < -0.3 is 20.9 Å². The second kappa shape index (κ2) is 9.83. The number of anilines is 1. The maximum atomic E-state index is 12.0. The highest BCUT2D eigenvalue weighted by Crippen LogP contribution is 2.19. The summed E-state index contributed by atoms with van der Waals surface area (Å²) >= 11 is 5.95. The van der Waals surface area contributed by atoms with Crippen LogP contribution in [0.5, 0.6) is 0 Å². The van der Waals surface area contributed by atoms with E-state index in [0.717, 1.165) is 44.0 Å². The summed E-state index contributed by atoms with van der Waals surface area (Å²) < 4.78 is 0. The lowest BCUT2D eigenvalue weighted by atomic mass is 9.95. The second-order valence-corrected chi connectivity index (χ2v) is 7.78. The Morgan fingerprint density at radius 2 is 1.78 bits per heavy atom. The van der Waals surface area contributed by atoms with E-state index in [1.54, 1.807) is 0 Å². The first-order valence-electron chi connectivity index (χ1n) is 9.96.